The minimum Gasteiger partial charge on any atom is -0.497 e. The van der Waals surface area contributed by atoms with E-state index in [2.05, 4.69) is 10.2 Å². The lowest BCUT2D eigenvalue weighted by molar-refractivity contribution is -0.279. The number of carbonyl (C=O) groups excluding carboxylic acids is 3. The van der Waals surface area contributed by atoms with Crippen LogP contribution in [0.3, 0.4) is 0 Å². The Bertz CT molecular complexity index is 2230. The summed E-state index contributed by atoms with van der Waals surface area (Å²) < 4.78 is 76.2. The minimum absolute atomic E-state index is 0.0140. The maximum absolute atomic E-state index is 14.4. The molecule has 1 fully saturated rings. The van der Waals surface area contributed by atoms with E-state index in [1.807, 2.05) is 0 Å². The number of ether oxygens (including phenoxy) is 6. The van der Waals surface area contributed by atoms with Gasteiger partial charge in [-0.15, -0.1) is 10.2 Å². The number of rotatable bonds is 11. The number of esters is 3. The van der Waals surface area contributed by atoms with Crippen LogP contribution in [0.25, 0.3) is 11.4 Å². The zero-order chi connectivity index (χ0) is 41.6. The highest BCUT2D eigenvalue weighted by Gasteiger charge is 2.57. The topological polar surface area (TPSA) is 161 Å². The van der Waals surface area contributed by atoms with Gasteiger partial charge in [0.25, 0.3) is 3.79 Å². The molecule has 2 unspecified atom stereocenters. The van der Waals surface area contributed by atoms with Crippen molar-refractivity contribution in [3.8, 4) is 17.1 Å². The van der Waals surface area contributed by atoms with Crippen LogP contribution in [-0.2, 0) is 30.2 Å². The van der Waals surface area contributed by atoms with Crippen molar-refractivity contribution in [1.82, 2.24) is 14.8 Å². The summed E-state index contributed by atoms with van der Waals surface area (Å²) in [5.41, 5.74) is 0.0874. The molecule has 19 heteroatoms. The van der Waals surface area contributed by atoms with Gasteiger partial charge in [0.2, 0.25) is 18.3 Å². The summed E-state index contributed by atoms with van der Waals surface area (Å²) in [6.45, 7) is -1.70. The highest BCUT2D eigenvalue weighted by atomic mass is 35.6. The fourth-order valence-corrected chi connectivity index (χ4v) is 5.93. The quantitative estimate of drug-likeness (QED) is 0.0451. The van der Waals surface area contributed by atoms with Crippen LogP contribution in [-0.4, -0.2) is 80.3 Å². The first-order valence-corrected chi connectivity index (χ1v) is 18.2. The molecule has 1 aliphatic heterocycles. The summed E-state index contributed by atoms with van der Waals surface area (Å²) in [5, 5.41) is 16.5. The van der Waals surface area contributed by atoms with E-state index in [1.54, 1.807) is 18.2 Å². The molecule has 0 amide bonds. The van der Waals surface area contributed by atoms with Gasteiger partial charge in [0, 0.05) is 5.56 Å². The van der Waals surface area contributed by atoms with E-state index in [-0.39, 0.29) is 28.1 Å². The summed E-state index contributed by atoms with van der Waals surface area (Å²) in [4.78, 5) is 41.4. The van der Waals surface area contributed by atoms with Gasteiger partial charge in [-0.3, -0.25) is 9.98 Å². The predicted octanol–water partition coefficient (Wildman–Crippen LogP) is 7.95. The first-order valence-electron chi connectivity index (χ1n) is 17.0. The molecule has 5 aromatic rings. The van der Waals surface area contributed by atoms with E-state index in [9.17, 15) is 27.6 Å². The lowest BCUT2D eigenvalue weighted by Crippen LogP contribution is -2.60. The molecule has 13 nitrogen and oxygen atoms in total. The van der Waals surface area contributed by atoms with Crippen molar-refractivity contribution in [2.24, 2.45) is 0 Å². The molecule has 0 aliphatic carbocycles. The number of nitrogens with zero attached hydrogens (tertiary/aromatic N) is 3. The van der Waals surface area contributed by atoms with Crippen molar-refractivity contribution in [2.75, 3.05) is 7.11 Å². The Morgan fingerprint density at radius 1 is 0.690 bits per heavy atom. The van der Waals surface area contributed by atoms with E-state index in [1.165, 1.54) is 104 Å². The fourth-order valence-electron chi connectivity index (χ4n) is 5.80. The Labute approximate surface area is 342 Å². The Kier molecular flexibility index (Phi) is 12.9. The third-order valence-electron chi connectivity index (χ3n) is 8.46. The van der Waals surface area contributed by atoms with Crippen LogP contribution in [0.15, 0.2) is 115 Å². The van der Waals surface area contributed by atoms with E-state index in [4.69, 9.17) is 68.6 Å². The Morgan fingerprint density at radius 2 is 1.16 bits per heavy atom. The Morgan fingerprint density at radius 3 is 1.60 bits per heavy atom. The van der Waals surface area contributed by atoms with Crippen molar-refractivity contribution in [1.29, 1.82) is 5.41 Å². The normalized spacial score (nSPS) is 19.4. The number of hydrogen-bond acceptors (Lipinski definition) is 12. The lowest BCUT2D eigenvalue weighted by atomic mass is 9.96. The smallest absolute Gasteiger partial charge is 0.406 e. The first kappa shape index (κ1) is 41.9. The molecule has 1 saturated heterocycles. The summed E-state index contributed by atoms with van der Waals surface area (Å²) >= 11 is 17.9. The summed E-state index contributed by atoms with van der Waals surface area (Å²) in [5.74, 6) is -4.78. The maximum atomic E-state index is 14.4. The van der Waals surface area contributed by atoms with Crippen molar-refractivity contribution >= 4 is 58.6 Å². The maximum Gasteiger partial charge on any atom is 0.406 e. The van der Waals surface area contributed by atoms with E-state index >= 15 is 0 Å². The van der Waals surface area contributed by atoms with E-state index < -0.39 is 76.8 Å². The van der Waals surface area contributed by atoms with Crippen molar-refractivity contribution in [3.63, 3.8) is 0 Å². The zero-order valence-electron chi connectivity index (χ0n) is 29.8. The average molecular weight is 862 g/mol. The van der Waals surface area contributed by atoms with E-state index in [0.29, 0.717) is 10.3 Å². The van der Waals surface area contributed by atoms with Gasteiger partial charge in [0.05, 0.1) is 23.8 Å². The molecule has 1 N–H and O–H groups in total. The summed E-state index contributed by atoms with van der Waals surface area (Å²) in [6.07, 6.45) is -14.9. The standard InChI is InChI=1S/C39H30Cl3F3N4O9/c1-53-26-19-17-22(18-20-26)31-47-48-32(49(31)21-38(43,44)45)29-27(54-33(50)23-11-5-2-6-12-23)28(55-34(51)24-13-7-3-8-14-24)30(36(57-29)58-37(46)39(40,41)42)56-35(52)25-15-9-4-10-16-25/h2-20,27-30,36,46H,21H2,1H3/t27-,28-,29?,30+,36?/m0/s1. The highest BCUT2D eigenvalue weighted by Crippen LogP contribution is 2.41. The van der Waals surface area contributed by atoms with Gasteiger partial charge < -0.3 is 28.4 Å². The molecule has 1 aliphatic rings. The molecule has 5 atom stereocenters. The van der Waals surface area contributed by atoms with Crippen LogP contribution in [0.5, 0.6) is 5.75 Å². The van der Waals surface area contributed by atoms with Gasteiger partial charge in [-0.1, -0.05) is 89.4 Å². The molecule has 1 aromatic heterocycles. The van der Waals surface area contributed by atoms with Crippen LogP contribution in [0, 0.1) is 5.41 Å². The van der Waals surface area contributed by atoms with Crippen LogP contribution >= 0.6 is 34.8 Å². The number of halogens is 6. The molecule has 0 radical (unpaired) electrons. The second-order valence-corrected chi connectivity index (χ2v) is 14.7. The molecular formula is C39H30Cl3F3N4O9. The van der Waals surface area contributed by atoms with Crippen LogP contribution in [0.1, 0.15) is 43.0 Å². The van der Waals surface area contributed by atoms with Gasteiger partial charge in [-0.2, -0.15) is 13.2 Å². The molecular weight excluding hydrogens is 832 g/mol. The largest absolute Gasteiger partial charge is 0.497 e. The number of hydrogen-bond donors (Lipinski definition) is 1. The van der Waals surface area contributed by atoms with E-state index in [0.717, 1.165) is 0 Å². The summed E-state index contributed by atoms with van der Waals surface area (Å²) in [7, 11) is 1.41. The molecule has 0 bridgehead atoms. The fraction of sp³-hybridized carbons (Fsp3) is 0.231. The molecule has 58 heavy (non-hydrogen) atoms. The molecule has 2 heterocycles. The number of aromatic nitrogens is 3. The van der Waals surface area contributed by atoms with Gasteiger partial charge >= 0.3 is 24.1 Å². The number of carbonyl (C=O) groups is 3. The van der Waals surface area contributed by atoms with Crippen LogP contribution in [0.2, 0.25) is 0 Å². The Hall–Kier alpha value is -5.68. The highest BCUT2D eigenvalue weighted by molar-refractivity contribution is 6.76. The van der Waals surface area contributed by atoms with Gasteiger partial charge in [0.15, 0.2) is 30.0 Å². The lowest BCUT2D eigenvalue weighted by Gasteiger charge is -2.44. The number of nitrogens with one attached hydrogen (secondary N) is 1. The second-order valence-electron chi connectivity index (χ2n) is 12.4. The number of benzene rings is 4. The van der Waals surface area contributed by atoms with Crippen molar-refractivity contribution in [3.05, 3.63) is 138 Å². The molecule has 4 aromatic carbocycles. The number of alkyl halides is 6. The molecule has 0 spiro atoms. The van der Waals surface area contributed by atoms with Gasteiger partial charge in [0.1, 0.15) is 12.3 Å². The number of methoxy groups -OCH3 is 1. The van der Waals surface area contributed by atoms with Gasteiger partial charge in [-0.25, -0.2) is 14.4 Å². The Balaban J connectivity index is 1.56. The molecule has 0 saturated carbocycles. The predicted molar refractivity (Wildman–Crippen MR) is 202 cm³/mol. The van der Waals surface area contributed by atoms with Crippen molar-refractivity contribution in [2.45, 2.75) is 47.2 Å². The van der Waals surface area contributed by atoms with Crippen LogP contribution in [0.4, 0.5) is 13.2 Å². The first-order chi connectivity index (χ1) is 27.6. The van der Waals surface area contributed by atoms with Crippen LogP contribution < -0.4 is 4.74 Å². The van der Waals surface area contributed by atoms with Gasteiger partial charge in [-0.05, 0) is 60.7 Å². The molecule has 6 rings (SSSR count). The third kappa shape index (κ3) is 10.1. The second kappa shape index (κ2) is 17.9. The van der Waals surface area contributed by atoms with Crippen molar-refractivity contribution < 1.29 is 56.0 Å². The minimum atomic E-state index is -4.90. The molecule has 302 valence electrons. The SMILES string of the molecule is COc1ccc(-c2nnc(C3OC(OC(=N)C(Cl)(Cl)Cl)[C@H](OC(=O)c4ccccc4)[C@@H](OC(=O)c4ccccc4)[C@@H]3OC(=O)c3ccccc3)n2CC(F)(F)F)cc1. The summed E-state index contributed by atoms with van der Waals surface area (Å²) in [6, 6.07) is 28.2. The average Bonchev–Trinajstić information content (AvgIpc) is 3.61. The zero-order valence-corrected chi connectivity index (χ0v) is 32.1. The monoisotopic (exact) mass is 860 g/mol. The third-order valence-corrected chi connectivity index (χ3v) is 8.98.